The van der Waals surface area contributed by atoms with E-state index >= 15 is 0 Å². The van der Waals surface area contributed by atoms with Crippen LogP contribution in [0.2, 0.25) is 0 Å². The van der Waals surface area contributed by atoms with Crippen LogP contribution in [0.5, 0.6) is 0 Å². The van der Waals surface area contributed by atoms with Crippen LogP contribution < -0.4 is 15.5 Å². The van der Waals surface area contributed by atoms with E-state index in [0.29, 0.717) is 6.54 Å². The smallest absolute Gasteiger partial charge is 0.408 e. The Morgan fingerprint density at radius 2 is 1.70 bits per heavy atom. The Balaban J connectivity index is 2.24. The second-order valence-electron chi connectivity index (χ2n) is 13.5. The SMILES string of the molecule is C[C@H](C[C@H](O)[C@H](CN1CC(=O)N(c2c(F)cccc2F)CC1(C)C)NC(=O)OC(C)(C)C)C(=O)NCC(C)(C)C. The lowest BCUT2D eigenvalue weighted by Crippen LogP contribution is -2.65. The summed E-state index contributed by atoms with van der Waals surface area (Å²) in [5.74, 6) is -2.98. The summed E-state index contributed by atoms with van der Waals surface area (Å²) >= 11 is 0. The van der Waals surface area contributed by atoms with Gasteiger partial charge in [0.25, 0.3) is 0 Å². The first-order valence-corrected chi connectivity index (χ1v) is 13.6. The number of aliphatic hydroxyl groups is 1. The number of benzene rings is 1. The molecule has 1 fully saturated rings. The second kappa shape index (κ2) is 12.8. The van der Waals surface area contributed by atoms with Crippen molar-refractivity contribution in [3.63, 3.8) is 0 Å². The minimum absolute atomic E-state index is 0.0233. The van der Waals surface area contributed by atoms with E-state index < -0.39 is 58.5 Å². The van der Waals surface area contributed by atoms with Gasteiger partial charge in [-0.25, -0.2) is 13.6 Å². The second-order valence-corrected chi connectivity index (χ2v) is 13.5. The predicted octanol–water partition coefficient (Wildman–Crippen LogP) is 3.83. The van der Waals surface area contributed by atoms with Gasteiger partial charge in [-0.15, -0.1) is 0 Å². The molecule has 0 saturated carbocycles. The molecule has 1 aromatic rings. The van der Waals surface area contributed by atoms with E-state index in [9.17, 15) is 28.3 Å². The molecule has 0 aliphatic carbocycles. The molecule has 1 aliphatic rings. The zero-order valence-corrected chi connectivity index (χ0v) is 25.2. The predicted molar refractivity (Wildman–Crippen MR) is 150 cm³/mol. The number of carbonyl (C=O) groups excluding carboxylic acids is 3. The summed E-state index contributed by atoms with van der Waals surface area (Å²) in [7, 11) is 0. The Morgan fingerprint density at radius 3 is 2.23 bits per heavy atom. The van der Waals surface area contributed by atoms with Crippen molar-refractivity contribution in [2.75, 3.05) is 31.1 Å². The number of ether oxygens (including phenoxy) is 1. The Morgan fingerprint density at radius 1 is 1.12 bits per heavy atom. The number of para-hydroxylation sites is 1. The summed E-state index contributed by atoms with van der Waals surface area (Å²) in [6, 6.07) is 2.53. The van der Waals surface area contributed by atoms with Gasteiger partial charge >= 0.3 is 6.09 Å². The van der Waals surface area contributed by atoms with E-state index in [1.54, 1.807) is 32.6 Å². The minimum atomic E-state index is -1.16. The van der Waals surface area contributed by atoms with Crippen molar-refractivity contribution < 1.29 is 33.0 Å². The molecule has 1 aliphatic heterocycles. The average Bonchev–Trinajstić information content (AvgIpc) is 2.77. The van der Waals surface area contributed by atoms with Gasteiger partial charge in [0, 0.05) is 31.1 Å². The molecule has 1 heterocycles. The molecular formula is C29H46F2N4O5. The van der Waals surface area contributed by atoms with Crippen molar-refractivity contribution in [2.45, 2.75) is 92.0 Å². The number of nitrogens with zero attached hydrogens (tertiary/aromatic N) is 2. The van der Waals surface area contributed by atoms with Crippen LogP contribution in [0, 0.1) is 23.0 Å². The van der Waals surface area contributed by atoms with Crippen molar-refractivity contribution in [3.8, 4) is 0 Å². The zero-order chi connectivity index (χ0) is 30.6. The van der Waals surface area contributed by atoms with Crippen LogP contribution in [0.1, 0.15) is 68.7 Å². The number of aliphatic hydroxyl groups excluding tert-OH is 1. The van der Waals surface area contributed by atoms with Gasteiger partial charge in [-0.3, -0.25) is 14.5 Å². The van der Waals surface area contributed by atoms with E-state index in [2.05, 4.69) is 10.6 Å². The Bertz CT molecular complexity index is 1050. The molecule has 3 N–H and O–H groups in total. The zero-order valence-electron chi connectivity index (χ0n) is 25.2. The van der Waals surface area contributed by atoms with E-state index in [1.165, 1.54) is 6.07 Å². The molecule has 0 radical (unpaired) electrons. The van der Waals surface area contributed by atoms with Crippen molar-refractivity contribution in [1.29, 1.82) is 0 Å². The fourth-order valence-electron chi connectivity index (χ4n) is 4.42. The molecule has 1 saturated heterocycles. The summed E-state index contributed by atoms with van der Waals surface area (Å²) in [5, 5.41) is 16.8. The normalized spacial score (nSPS) is 18.6. The molecule has 0 unspecified atom stereocenters. The maximum atomic E-state index is 14.5. The van der Waals surface area contributed by atoms with Gasteiger partial charge in [-0.2, -0.15) is 0 Å². The highest BCUT2D eigenvalue weighted by Crippen LogP contribution is 2.31. The Kier molecular flexibility index (Phi) is 10.7. The van der Waals surface area contributed by atoms with Crippen LogP contribution in [0.4, 0.5) is 19.3 Å². The van der Waals surface area contributed by atoms with Crippen molar-refractivity contribution in [1.82, 2.24) is 15.5 Å². The number of carbonyl (C=O) groups is 3. The Labute approximate surface area is 236 Å². The van der Waals surface area contributed by atoms with E-state index in [0.717, 1.165) is 17.0 Å². The maximum absolute atomic E-state index is 14.5. The summed E-state index contributed by atoms with van der Waals surface area (Å²) in [5.41, 5.74) is -2.09. The van der Waals surface area contributed by atoms with E-state index in [4.69, 9.17) is 4.74 Å². The monoisotopic (exact) mass is 568 g/mol. The lowest BCUT2D eigenvalue weighted by Gasteiger charge is -2.48. The third-order valence-corrected chi connectivity index (χ3v) is 6.66. The molecule has 0 aromatic heterocycles. The van der Waals surface area contributed by atoms with Gasteiger partial charge in [-0.1, -0.05) is 33.8 Å². The largest absolute Gasteiger partial charge is 0.444 e. The molecule has 226 valence electrons. The molecule has 40 heavy (non-hydrogen) atoms. The first-order valence-electron chi connectivity index (χ1n) is 13.6. The van der Waals surface area contributed by atoms with Crippen LogP contribution in [-0.2, 0) is 14.3 Å². The van der Waals surface area contributed by atoms with Crippen LogP contribution in [0.25, 0.3) is 0 Å². The molecule has 1 aromatic carbocycles. The number of rotatable bonds is 9. The first kappa shape index (κ1) is 33.4. The molecule has 9 nitrogen and oxygen atoms in total. The van der Waals surface area contributed by atoms with Crippen molar-refractivity contribution in [3.05, 3.63) is 29.8 Å². The van der Waals surface area contributed by atoms with Gasteiger partial charge in [0.2, 0.25) is 11.8 Å². The molecule has 3 atom stereocenters. The molecule has 11 heteroatoms. The van der Waals surface area contributed by atoms with Crippen molar-refractivity contribution in [2.24, 2.45) is 11.3 Å². The van der Waals surface area contributed by atoms with Gasteiger partial charge in [0.05, 0.1) is 18.7 Å². The lowest BCUT2D eigenvalue weighted by atomic mass is 9.93. The van der Waals surface area contributed by atoms with Crippen LogP contribution >= 0.6 is 0 Å². The van der Waals surface area contributed by atoms with Gasteiger partial charge < -0.3 is 25.4 Å². The molecule has 0 bridgehead atoms. The lowest BCUT2D eigenvalue weighted by molar-refractivity contribution is -0.126. The van der Waals surface area contributed by atoms with Gasteiger partial charge in [0.1, 0.15) is 22.9 Å². The third kappa shape index (κ3) is 9.69. The van der Waals surface area contributed by atoms with Crippen LogP contribution in [0.15, 0.2) is 18.2 Å². The van der Waals surface area contributed by atoms with Gasteiger partial charge in [0.15, 0.2) is 0 Å². The molecule has 3 amide bonds. The highest BCUT2D eigenvalue weighted by Gasteiger charge is 2.42. The quantitative estimate of drug-likeness (QED) is 0.418. The number of anilines is 1. The number of nitrogens with one attached hydrogen (secondary N) is 2. The first-order chi connectivity index (χ1) is 18.2. The fraction of sp³-hybridized carbons (Fsp3) is 0.690. The third-order valence-electron chi connectivity index (χ3n) is 6.66. The summed E-state index contributed by atoms with van der Waals surface area (Å²) in [6.45, 7) is 16.7. The van der Waals surface area contributed by atoms with E-state index in [-0.39, 0.29) is 37.4 Å². The highest BCUT2D eigenvalue weighted by atomic mass is 19.1. The number of halogens is 2. The summed E-state index contributed by atoms with van der Waals surface area (Å²) in [6.07, 6.45) is -1.86. The standard InChI is InChI=1S/C29H46F2N4O5/c1-18(25(38)32-16-27(2,3)4)13-22(36)21(33-26(39)40-28(5,6)7)14-34-15-23(37)35(17-29(34,8)9)24-19(30)11-10-12-20(24)31/h10-12,18,21-22,36H,13-17H2,1-9H3,(H,32,38)(H,33,39)/t18-,21+,22+/m1/s1. The number of hydrogen-bond acceptors (Lipinski definition) is 6. The summed E-state index contributed by atoms with van der Waals surface area (Å²) in [4.78, 5) is 41.3. The van der Waals surface area contributed by atoms with Crippen LogP contribution in [0.3, 0.4) is 0 Å². The molecular weight excluding hydrogens is 522 g/mol. The number of alkyl carbamates (subject to hydrolysis) is 1. The topological polar surface area (TPSA) is 111 Å². The fourth-order valence-corrected chi connectivity index (χ4v) is 4.42. The molecule has 2 rings (SSSR count). The number of hydrogen-bond donors (Lipinski definition) is 3. The minimum Gasteiger partial charge on any atom is -0.444 e. The number of piperazine rings is 1. The Hall–Kier alpha value is -2.79. The summed E-state index contributed by atoms with van der Waals surface area (Å²) < 4.78 is 34.4. The van der Waals surface area contributed by atoms with E-state index in [1.807, 2.05) is 34.6 Å². The average molecular weight is 569 g/mol. The highest BCUT2D eigenvalue weighted by molar-refractivity contribution is 5.96. The van der Waals surface area contributed by atoms with Crippen LogP contribution in [-0.4, -0.2) is 77.4 Å². The maximum Gasteiger partial charge on any atom is 0.408 e. The van der Waals surface area contributed by atoms with Gasteiger partial charge in [-0.05, 0) is 58.6 Å². The van der Waals surface area contributed by atoms with Crippen molar-refractivity contribution >= 4 is 23.6 Å². The number of amides is 3. The molecule has 0 spiro atoms.